The third-order valence-electron chi connectivity index (χ3n) is 3.74. The molecule has 1 aromatic carbocycles. The number of hydrogen-bond donors (Lipinski definition) is 1. The second-order valence-corrected chi connectivity index (χ2v) is 6.05. The minimum atomic E-state index is 0. The zero-order valence-electron chi connectivity index (χ0n) is 15.5. The van der Waals surface area contributed by atoms with Crippen molar-refractivity contribution in [2.24, 2.45) is 12.0 Å². The molecule has 0 radical (unpaired) electrons. The maximum absolute atomic E-state index is 6.03. The van der Waals surface area contributed by atoms with Gasteiger partial charge in [0.15, 0.2) is 5.96 Å². The van der Waals surface area contributed by atoms with Crippen LogP contribution in [0.15, 0.2) is 41.5 Å². The molecule has 2 rings (SSSR count). The van der Waals surface area contributed by atoms with E-state index in [4.69, 9.17) is 21.1 Å². The van der Waals surface area contributed by atoms with Gasteiger partial charge in [0.05, 0.1) is 25.2 Å². The number of halogens is 2. The Morgan fingerprint density at radius 2 is 2.04 bits per heavy atom. The SMILES string of the molecule is CN=C(NCCOc1cccc(OC)c1)N(C)Cc1cc(Cl)cn1C.I. The van der Waals surface area contributed by atoms with Crippen LogP contribution in [0.1, 0.15) is 5.69 Å². The molecule has 0 atom stereocenters. The normalized spacial score (nSPS) is 10.9. The third-order valence-corrected chi connectivity index (χ3v) is 3.95. The lowest BCUT2D eigenvalue weighted by Gasteiger charge is -2.22. The van der Waals surface area contributed by atoms with Gasteiger partial charge in [-0.1, -0.05) is 17.7 Å². The minimum absolute atomic E-state index is 0. The van der Waals surface area contributed by atoms with Gasteiger partial charge in [0.1, 0.15) is 18.1 Å². The maximum atomic E-state index is 6.03. The van der Waals surface area contributed by atoms with Crippen molar-refractivity contribution in [3.8, 4) is 11.5 Å². The van der Waals surface area contributed by atoms with E-state index in [9.17, 15) is 0 Å². The number of ether oxygens (including phenoxy) is 2. The van der Waals surface area contributed by atoms with E-state index in [-0.39, 0.29) is 24.0 Å². The lowest BCUT2D eigenvalue weighted by atomic mass is 10.3. The largest absolute Gasteiger partial charge is 0.497 e. The summed E-state index contributed by atoms with van der Waals surface area (Å²) in [5.41, 5.74) is 1.11. The minimum Gasteiger partial charge on any atom is -0.497 e. The van der Waals surface area contributed by atoms with Crippen molar-refractivity contribution in [2.45, 2.75) is 6.54 Å². The number of methoxy groups -OCH3 is 1. The Bertz CT molecular complexity index is 721. The van der Waals surface area contributed by atoms with E-state index < -0.39 is 0 Å². The van der Waals surface area contributed by atoms with Crippen molar-refractivity contribution < 1.29 is 9.47 Å². The van der Waals surface area contributed by atoms with Crippen LogP contribution in [0.2, 0.25) is 5.02 Å². The van der Waals surface area contributed by atoms with Crippen molar-refractivity contribution in [3.05, 3.63) is 47.2 Å². The number of aromatic nitrogens is 1. The Morgan fingerprint density at radius 3 is 2.65 bits per heavy atom. The molecule has 8 heteroatoms. The van der Waals surface area contributed by atoms with Gasteiger partial charge < -0.3 is 24.3 Å². The highest BCUT2D eigenvalue weighted by atomic mass is 127. The highest BCUT2D eigenvalue weighted by Crippen LogP contribution is 2.18. The number of aliphatic imine (C=N–C) groups is 1. The first-order chi connectivity index (χ1) is 12.0. The van der Waals surface area contributed by atoms with E-state index >= 15 is 0 Å². The van der Waals surface area contributed by atoms with Gasteiger partial charge in [0, 0.05) is 39.1 Å². The summed E-state index contributed by atoms with van der Waals surface area (Å²) < 4.78 is 12.9. The van der Waals surface area contributed by atoms with Crippen molar-refractivity contribution in [2.75, 3.05) is 34.4 Å². The number of rotatable bonds is 7. The van der Waals surface area contributed by atoms with Crippen LogP contribution in [0.5, 0.6) is 11.5 Å². The molecule has 0 fully saturated rings. The van der Waals surface area contributed by atoms with E-state index in [1.165, 1.54) is 0 Å². The number of hydrogen-bond acceptors (Lipinski definition) is 3. The Labute approximate surface area is 177 Å². The van der Waals surface area contributed by atoms with Gasteiger partial charge >= 0.3 is 0 Å². The van der Waals surface area contributed by atoms with E-state index in [1.807, 2.05) is 60.1 Å². The highest BCUT2D eigenvalue weighted by Gasteiger charge is 2.09. The van der Waals surface area contributed by atoms with Gasteiger partial charge in [-0.05, 0) is 18.2 Å². The summed E-state index contributed by atoms with van der Waals surface area (Å²) in [7, 11) is 7.37. The van der Waals surface area contributed by atoms with Crippen molar-refractivity contribution in [1.82, 2.24) is 14.8 Å². The Morgan fingerprint density at radius 1 is 1.31 bits per heavy atom. The van der Waals surface area contributed by atoms with Crippen molar-refractivity contribution >= 4 is 41.5 Å². The van der Waals surface area contributed by atoms with E-state index in [0.29, 0.717) is 19.7 Å². The topological polar surface area (TPSA) is 51.0 Å². The van der Waals surface area contributed by atoms with Gasteiger partial charge in [0.25, 0.3) is 0 Å². The third kappa shape index (κ3) is 6.60. The van der Waals surface area contributed by atoms with Crippen LogP contribution in [0.4, 0.5) is 0 Å². The molecule has 0 spiro atoms. The molecule has 1 heterocycles. The Hall–Kier alpha value is -1.61. The van der Waals surface area contributed by atoms with Crippen LogP contribution >= 0.6 is 35.6 Å². The molecule has 6 nitrogen and oxygen atoms in total. The lowest BCUT2D eigenvalue weighted by Crippen LogP contribution is -2.40. The van der Waals surface area contributed by atoms with Crippen LogP contribution in [0, 0.1) is 0 Å². The summed E-state index contributed by atoms with van der Waals surface area (Å²) in [5, 5.41) is 4.03. The molecular formula is C18H26ClIN4O2. The number of aryl methyl sites for hydroxylation is 1. The van der Waals surface area contributed by atoms with Crippen LogP contribution in [0.3, 0.4) is 0 Å². The summed E-state index contributed by atoms with van der Waals surface area (Å²) in [4.78, 5) is 6.35. The molecule has 0 aliphatic rings. The monoisotopic (exact) mass is 492 g/mol. The summed E-state index contributed by atoms with van der Waals surface area (Å²) >= 11 is 6.03. The summed E-state index contributed by atoms with van der Waals surface area (Å²) in [6.45, 7) is 1.87. The van der Waals surface area contributed by atoms with E-state index in [0.717, 1.165) is 28.2 Å². The molecule has 0 aliphatic heterocycles. The summed E-state index contributed by atoms with van der Waals surface area (Å²) in [6.07, 6.45) is 1.89. The second-order valence-electron chi connectivity index (χ2n) is 5.62. The fourth-order valence-electron chi connectivity index (χ4n) is 2.45. The average molecular weight is 493 g/mol. The van der Waals surface area contributed by atoms with Crippen LogP contribution in [-0.2, 0) is 13.6 Å². The predicted molar refractivity (Wildman–Crippen MR) is 117 cm³/mol. The molecule has 26 heavy (non-hydrogen) atoms. The standard InChI is InChI=1S/C18H25ClN4O2.HI/c1-20-18(23(3)13-15-10-14(19)12-22(15)2)21-8-9-25-17-7-5-6-16(11-17)24-4;/h5-7,10-12H,8-9,13H2,1-4H3,(H,20,21);1H. The van der Waals surface area contributed by atoms with Gasteiger partial charge in [-0.2, -0.15) is 0 Å². The zero-order valence-corrected chi connectivity index (χ0v) is 18.6. The fourth-order valence-corrected chi connectivity index (χ4v) is 2.72. The van der Waals surface area contributed by atoms with Gasteiger partial charge in [0.2, 0.25) is 0 Å². The molecule has 1 N–H and O–H groups in total. The summed E-state index contributed by atoms with van der Waals surface area (Å²) in [5.74, 6) is 2.36. The van der Waals surface area contributed by atoms with Crippen molar-refractivity contribution in [1.29, 1.82) is 0 Å². The average Bonchev–Trinajstić information content (AvgIpc) is 2.92. The molecule has 144 valence electrons. The molecule has 1 aromatic heterocycles. The van der Waals surface area contributed by atoms with Gasteiger partial charge in [-0.15, -0.1) is 24.0 Å². The molecule has 0 saturated carbocycles. The molecule has 0 amide bonds. The zero-order chi connectivity index (χ0) is 18.2. The van der Waals surface area contributed by atoms with E-state index in [1.54, 1.807) is 14.2 Å². The van der Waals surface area contributed by atoms with Crippen LogP contribution in [0.25, 0.3) is 0 Å². The quantitative estimate of drug-likeness (QED) is 0.279. The summed E-state index contributed by atoms with van der Waals surface area (Å²) in [6, 6.07) is 9.51. The number of nitrogens with one attached hydrogen (secondary N) is 1. The smallest absolute Gasteiger partial charge is 0.193 e. The Balaban J connectivity index is 0.00000338. The molecule has 0 aliphatic carbocycles. The lowest BCUT2D eigenvalue weighted by molar-refractivity contribution is 0.316. The van der Waals surface area contributed by atoms with Crippen LogP contribution in [-0.4, -0.2) is 49.8 Å². The molecule has 0 saturated heterocycles. The van der Waals surface area contributed by atoms with E-state index in [2.05, 4.69) is 10.3 Å². The van der Waals surface area contributed by atoms with Crippen molar-refractivity contribution in [3.63, 3.8) is 0 Å². The van der Waals surface area contributed by atoms with Gasteiger partial charge in [-0.3, -0.25) is 4.99 Å². The first-order valence-corrected chi connectivity index (χ1v) is 8.40. The number of nitrogens with zero attached hydrogens (tertiary/aromatic N) is 3. The number of benzene rings is 1. The molecule has 0 bridgehead atoms. The fraction of sp³-hybridized carbons (Fsp3) is 0.389. The Kier molecular flexibility index (Phi) is 9.64. The second kappa shape index (κ2) is 11.2. The first-order valence-electron chi connectivity index (χ1n) is 8.03. The molecule has 0 unspecified atom stereocenters. The first kappa shape index (κ1) is 22.4. The maximum Gasteiger partial charge on any atom is 0.193 e. The number of guanidine groups is 1. The molecular weight excluding hydrogens is 467 g/mol. The predicted octanol–water partition coefficient (Wildman–Crippen LogP) is 3.39. The molecule has 2 aromatic rings. The van der Waals surface area contributed by atoms with Gasteiger partial charge in [-0.25, -0.2) is 0 Å². The van der Waals surface area contributed by atoms with Crippen LogP contribution < -0.4 is 14.8 Å². The highest BCUT2D eigenvalue weighted by molar-refractivity contribution is 14.0.